The van der Waals surface area contributed by atoms with Gasteiger partial charge in [0.05, 0.1) is 6.04 Å². The van der Waals surface area contributed by atoms with Gasteiger partial charge in [0.1, 0.15) is 6.29 Å². The second kappa shape index (κ2) is 6.32. The van der Waals surface area contributed by atoms with Gasteiger partial charge in [0.15, 0.2) is 5.78 Å². The average molecular weight is 297 g/mol. The number of hydrogen-bond acceptors (Lipinski definition) is 4. The van der Waals surface area contributed by atoms with Gasteiger partial charge >= 0.3 is 5.97 Å². The van der Waals surface area contributed by atoms with Crippen molar-refractivity contribution in [2.24, 2.45) is 5.73 Å². The zero-order valence-corrected chi connectivity index (χ0v) is 11.7. The molecule has 0 aliphatic rings. The van der Waals surface area contributed by atoms with Crippen LogP contribution in [0.25, 0.3) is 0 Å². The molecule has 5 heteroatoms. The second-order valence-corrected chi connectivity index (χ2v) is 4.85. The zero-order valence-electron chi connectivity index (χ0n) is 11.7. The third-order valence-corrected chi connectivity index (χ3v) is 3.57. The van der Waals surface area contributed by atoms with Crippen LogP contribution in [0.2, 0.25) is 0 Å². The number of hydrogen-bond donors (Lipinski definition) is 2. The molecule has 2 aromatic carbocycles. The molecule has 0 aliphatic carbocycles. The number of carbonyl (C=O) groups excluding carboxylic acids is 2. The quantitative estimate of drug-likeness (QED) is 0.621. The molecule has 3 N–H and O–H groups in total. The topological polar surface area (TPSA) is 97.5 Å². The fourth-order valence-electron chi connectivity index (χ4n) is 2.31. The summed E-state index contributed by atoms with van der Waals surface area (Å²) in [6, 6.07) is 14.8. The van der Waals surface area contributed by atoms with Gasteiger partial charge in [0.25, 0.3) is 0 Å². The van der Waals surface area contributed by atoms with Gasteiger partial charge in [0, 0.05) is 0 Å². The van der Waals surface area contributed by atoms with E-state index in [4.69, 9.17) is 5.73 Å². The van der Waals surface area contributed by atoms with E-state index in [1.807, 2.05) is 0 Å². The summed E-state index contributed by atoms with van der Waals surface area (Å²) < 4.78 is 0. The summed E-state index contributed by atoms with van der Waals surface area (Å²) >= 11 is 0. The van der Waals surface area contributed by atoms with E-state index in [1.165, 1.54) is 12.1 Å². The van der Waals surface area contributed by atoms with Crippen LogP contribution in [-0.4, -0.2) is 23.1 Å². The van der Waals surface area contributed by atoms with Crippen molar-refractivity contribution in [3.05, 3.63) is 71.8 Å². The first kappa shape index (κ1) is 15.6. The largest absolute Gasteiger partial charge is 0.480 e. The highest BCUT2D eigenvalue weighted by Crippen LogP contribution is 2.29. The lowest BCUT2D eigenvalue weighted by Crippen LogP contribution is -2.49. The number of ketones is 1. The Labute approximate surface area is 127 Å². The van der Waals surface area contributed by atoms with Crippen molar-refractivity contribution in [1.82, 2.24) is 0 Å². The fourth-order valence-corrected chi connectivity index (χ4v) is 2.31. The van der Waals surface area contributed by atoms with Crippen LogP contribution in [-0.2, 0) is 19.8 Å². The Morgan fingerprint density at radius 3 is 1.95 bits per heavy atom. The van der Waals surface area contributed by atoms with E-state index in [2.05, 4.69) is 0 Å². The summed E-state index contributed by atoms with van der Waals surface area (Å²) in [6.45, 7) is 0. The van der Waals surface area contributed by atoms with Crippen molar-refractivity contribution in [3.63, 3.8) is 0 Å². The van der Waals surface area contributed by atoms with Crippen LogP contribution in [0.4, 0.5) is 0 Å². The molecular weight excluding hydrogens is 282 g/mol. The second-order valence-electron chi connectivity index (χ2n) is 4.85. The monoisotopic (exact) mass is 297 g/mol. The zero-order chi connectivity index (χ0) is 16.2. The van der Waals surface area contributed by atoms with Crippen molar-refractivity contribution >= 4 is 18.0 Å². The summed E-state index contributed by atoms with van der Waals surface area (Å²) in [4.78, 5) is 36.0. The molecule has 0 bridgehead atoms. The van der Waals surface area contributed by atoms with Gasteiger partial charge in [-0.3, -0.25) is 9.59 Å². The number of aliphatic carboxylic acids is 1. The van der Waals surface area contributed by atoms with Gasteiger partial charge in [-0.25, -0.2) is 0 Å². The molecule has 0 heterocycles. The van der Waals surface area contributed by atoms with Crippen molar-refractivity contribution < 1.29 is 19.5 Å². The first-order chi connectivity index (χ1) is 10.5. The molecule has 0 saturated carbocycles. The number of benzene rings is 2. The highest BCUT2D eigenvalue weighted by Gasteiger charge is 2.50. The van der Waals surface area contributed by atoms with E-state index in [0.29, 0.717) is 5.56 Å². The minimum absolute atomic E-state index is 0.0916. The standard InChI is InChI=1S/C17H15NO4/c18-14(12-7-3-1-4-8-12)15(20)17(11-19,16(21)22)13-9-5-2-6-10-13/h1-11,14H,18H2,(H,21,22). The molecule has 0 amide bonds. The van der Waals surface area contributed by atoms with Crippen molar-refractivity contribution in [2.45, 2.75) is 11.5 Å². The van der Waals surface area contributed by atoms with Crippen LogP contribution in [0, 0.1) is 0 Å². The smallest absolute Gasteiger partial charge is 0.329 e. The maximum absolute atomic E-state index is 12.7. The molecular formula is C17H15NO4. The number of carbonyl (C=O) groups is 3. The molecule has 112 valence electrons. The molecule has 0 fully saturated rings. The number of rotatable bonds is 6. The summed E-state index contributed by atoms with van der Waals surface area (Å²) in [6.07, 6.45) is 0.149. The van der Waals surface area contributed by atoms with E-state index in [0.717, 1.165) is 0 Å². The van der Waals surface area contributed by atoms with E-state index >= 15 is 0 Å². The number of Topliss-reactive ketones (excluding diaryl/α,β-unsaturated/α-hetero) is 1. The molecule has 0 saturated heterocycles. The summed E-state index contributed by atoms with van der Waals surface area (Å²) in [5.74, 6) is -2.41. The Morgan fingerprint density at radius 2 is 1.50 bits per heavy atom. The predicted molar refractivity (Wildman–Crippen MR) is 80.2 cm³/mol. The van der Waals surface area contributed by atoms with E-state index in [1.54, 1.807) is 48.5 Å². The summed E-state index contributed by atoms with van der Waals surface area (Å²) in [5, 5.41) is 9.54. The van der Waals surface area contributed by atoms with Crippen LogP contribution in [0.3, 0.4) is 0 Å². The van der Waals surface area contributed by atoms with Gasteiger partial charge in [-0.2, -0.15) is 0 Å². The van der Waals surface area contributed by atoms with E-state index in [-0.39, 0.29) is 11.8 Å². The minimum Gasteiger partial charge on any atom is -0.480 e. The Morgan fingerprint density at radius 1 is 1.00 bits per heavy atom. The lowest BCUT2D eigenvalue weighted by molar-refractivity contribution is -0.151. The summed E-state index contributed by atoms with van der Waals surface area (Å²) in [5.41, 5.74) is 4.14. The Kier molecular flexibility index (Phi) is 4.48. The van der Waals surface area contributed by atoms with Crippen molar-refractivity contribution in [2.75, 3.05) is 0 Å². The molecule has 2 unspecified atom stereocenters. The van der Waals surface area contributed by atoms with Gasteiger partial charge < -0.3 is 15.6 Å². The molecule has 2 aromatic rings. The molecule has 0 aromatic heterocycles. The van der Waals surface area contributed by atoms with Crippen LogP contribution in [0.1, 0.15) is 17.2 Å². The van der Waals surface area contributed by atoms with Crippen molar-refractivity contribution in [1.29, 1.82) is 0 Å². The van der Waals surface area contributed by atoms with Crippen LogP contribution >= 0.6 is 0 Å². The normalized spacial score (nSPS) is 14.6. The number of aldehydes is 1. The van der Waals surface area contributed by atoms with E-state index < -0.39 is 23.2 Å². The lowest BCUT2D eigenvalue weighted by atomic mass is 9.74. The van der Waals surface area contributed by atoms with E-state index in [9.17, 15) is 19.5 Å². The Hall–Kier alpha value is -2.79. The number of nitrogens with two attached hydrogens (primary N) is 1. The molecule has 0 radical (unpaired) electrons. The average Bonchev–Trinajstić information content (AvgIpc) is 2.56. The minimum atomic E-state index is -2.31. The van der Waals surface area contributed by atoms with Crippen LogP contribution < -0.4 is 5.73 Å². The molecule has 2 atom stereocenters. The van der Waals surface area contributed by atoms with Gasteiger partial charge in [-0.05, 0) is 11.1 Å². The molecule has 0 spiro atoms. The predicted octanol–water partition coefficient (Wildman–Crippen LogP) is 1.48. The molecule has 5 nitrogen and oxygen atoms in total. The summed E-state index contributed by atoms with van der Waals surface area (Å²) in [7, 11) is 0. The number of carboxylic acid groups (broad SMARTS) is 1. The number of carboxylic acids is 1. The fraction of sp³-hybridized carbons (Fsp3) is 0.118. The Balaban J connectivity index is 2.53. The third kappa shape index (κ3) is 2.54. The van der Waals surface area contributed by atoms with Gasteiger partial charge in [-0.1, -0.05) is 60.7 Å². The maximum Gasteiger partial charge on any atom is 0.329 e. The highest BCUT2D eigenvalue weighted by atomic mass is 16.4. The maximum atomic E-state index is 12.7. The van der Waals surface area contributed by atoms with Crippen molar-refractivity contribution in [3.8, 4) is 0 Å². The molecule has 22 heavy (non-hydrogen) atoms. The third-order valence-electron chi connectivity index (χ3n) is 3.57. The highest BCUT2D eigenvalue weighted by molar-refractivity contribution is 6.23. The molecule has 0 aliphatic heterocycles. The SMILES string of the molecule is NC(C(=O)C(C=O)(C(=O)O)c1ccccc1)c1ccccc1. The lowest BCUT2D eigenvalue weighted by Gasteiger charge is -2.25. The van der Waals surface area contributed by atoms with Gasteiger partial charge in [0.2, 0.25) is 5.41 Å². The van der Waals surface area contributed by atoms with Gasteiger partial charge in [-0.15, -0.1) is 0 Å². The van der Waals surface area contributed by atoms with Crippen LogP contribution in [0.15, 0.2) is 60.7 Å². The first-order valence-corrected chi connectivity index (χ1v) is 6.64. The first-order valence-electron chi connectivity index (χ1n) is 6.64. The molecule has 2 rings (SSSR count). The van der Waals surface area contributed by atoms with Crippen LogP contribution in [0.5, 0.6) is 0 Å². The Bertz CT molecular complexity index is 684.